The molecule has 0 fully saturated rings. The van der Waals surface area contributed by atoms with Crippen molar-refractivity contribution in [2.24, 2.45) is 5.73 Å². The standard InChI is InChI=1S/C16H20FNS/c1-3-14-8-9-15(19-14)11-16(2,18)10-12-4-6-13(17)7-5-12/h4-9H,3,10-11,18H2,1-2H3. The van der Waals surface area contributed by atoms with Crippen LogP contribution in [0.15, 0.2) is 36.4 Å². The zero-order chi connectivity index (χ0) is 13.9. The molecule has 0 saturated carbocycles. The van der Waals surface area contributed by atoms with Crippen molar-refractivity contribution in [2.45, 2.75) is 38.6 Å². The number of thiophene rings is 1. The highest BCUT2D eigenvalue weighted by Crippen LogP contribution is 2.23. The Balaban J connectivity index is 2.03. The lowest BCUT2D eigenvalue weighted by atomic mass is 9.90. The summed E-state index contributed by atoms with van der Waals surface area (Å²) in [5, 5.41) is 0. The minimum absolute atomic E-state index is 0.201. The Labute approximate surface area is 118 Å². The van der Waals surface area contributed by atoms with Gasteiger partial charge < -0.3 is 5.73 Å². The van der Waals surface area contributed by atoms with Gasteiger partial charge in [0.05, 0.1) is 0 Å². The highest BCUT2D eigenvalue weighted by Gasteiger charge is 2.20. The first-order chi connectivity index (χ1) is 8.98. The normalized spacial score (nSPS) is 14.3. The summed E-state index contributed by atoms with van der Waals surface area (Å²) in [6, 6.07) is 10.9. The van der Waals surface area contributed by atoms with Gasteiger partial charge in [-0.1, -0.05) is 19.1 Å². The third kappa shape index (κ3) is 4.15. The molecule has 0 radical (unpaired) electrons. The number of aryl methyl sites for hydroxylation is 1. The van der Waals surface area contributed by atoms with Gasteiger partial charge in [-0.3, -0.25) is 0 Å². The van der Waals surface area contributed by atoms with Gasteiger partial charge in [-0.15, -0.1) is 11.3 Å². The van der Waals surface area contributed by atoms with E-state index >= 15 is 0 Å². The van der Waals surface area contributed by atoms with Crippen LogP contribution < -0.4 is 5.73 Å². The fourth-order valence-electron chi connectivity index (χ4n) is 2.24. The Morgan fingerprint density at radius 3 is 2.26 bits per heavy atom. The molecule has 1 atom stereocenters. The Bertz CT molecular complexity index is 528. The van der Waals surface area contributed by atoms with Crippen LogP contribution in [0.1, 0.15) is 29.2 Å². The molecular formula is C16H20FNS. The molecule has 0 bridgehead atoms. The van der Waals surface area contributed by atoms with Gasteiger partial charge in [-0.2, -0.15) is 0 Å². The van der Waals surface area contributed by atoms with Crippen LogP contribution in [0, 0.1) is 5.82 Å². The minimum Gasteiger partial charge on any atom is -0.325 e. The molecule has 1 aromatic carbocycles. The molecule has 1 heterocycles. The van der Waals surface area contributed by atoms with Crippen molar-refractivity contribution >= 4 is 11.3 Å². The van der Waals surface area contributed by atoms with Crippen LogP contribution >= 0.6 is 11.3 Å². The van der Waals surface area contributed by atoms with E-state index in [-0.39, 0.29) is 11.4 Å². The average molecular weight is 277 g/mol. The van der Waals surface area contributed by atoms with Crippen molar-refractivity contribution in [3.05, 3.63) is 57.5 Å². The molecule has 0 spiro atoms. The van der Waals surface area contributed by atoms with Gasteiger partial charge in [0.15, 0.2) is 0 Å². The first-order valence-corrected chi connectivity index (χ1v) is 7.41. The first kappa shape index (κ1) is 14.2. The quantitative estimate of drug-likeness (QED) is 0.880. The molecule has 0 saturated heterocycles. The molecular weight excluding hydrogens is 257 g/mol. The van der Waals surface area contributed by atoms with Crippen molar-refractivity contribution in [1.29, 1.82) is 0 Å². The van der Waals surface area contributed by atoms with Crippen molar-refractivity contribution in [3.63, 3.8) is 0 Å². The minimum atomic E-state index is -0.298. The van der Waals surface area contributed by atoms with Gasteiger partial charge in [0.25, 0.3) is 0 Å². The molecule has 102 valence electrons. The van der Waals surface area contributed by atoms with Crippen LogP contribution in [0.2, 0.25) is 0 Å². The van der Waals surface area contributed by atoms with Crippen LogP contribution in [-0.4, -0.2) is 5.54 Å². The molecule has 0 aliphatic heterocycles. The Kier molecular flexibility index (Phi) is 4.38. The lowest BCUT2D eigenvalue weighted by molar-refractivity contribution is 0.466. The summed E-state index contributed by atoms with van der Waals surface area (Å²) in [7, 11) is 0. The van der Waals surface area contributed by atoms with E-state index in [4.69, 9.17) is 5.73 Å². The Morgan fingerprint density at radius 2 is 1.68 bits per heavy atom. The highest BCUT2D eigenvalue weighted by atomic mass is 32.1. The summed E-state index contributed by atoms with van der Waals surface area (Å²) in [6.45, 7) is 4.22. The van der Waals surface area contributed by atoms with Crippen LogP contribution in [-0.2, 0) is 19.3 Å². The summed E-state index contributed by atoms with van der Waals surface area (Å²) in [5.41, 5.74) is 7.17. The van der Waals surface area contributed by atoms with E-state index in [0.29, 0.717) is 0 Å². The molecule has 2 aromatic rings. The van der Waals surface area contributed by atoms with Gasteiger partial charge in [-0.25, -0.2) is 4.39 Å². The summed E-state index contributed by atoms with van der Waals surface area (Å²) < 4.78 is 12.9. The first-order valence-electron chi connectivity index (χ1n) is 6.59. The molecule has 0 aliphatic carbocycles. The number of nitrogens with two attached hydrogens (primary N) is 1. The predicted octanol–water partition coefficient (Wildman–Crippen LogP) is 3.95. The van der Waals surface area contributed by atoms with Crippen molar-refractivity contribution < 1.29 is 4.39 Å². The monoisotopic (exact) mass is 277 g/mol. The Morgan fingerprint density at radius 1 is 1.05 bits per heavy atom. The maximum Gasteiger partial charge on any atom is 0.123 e. The zero-order valence-corrected chi connectivity index (χ0v) is 12.3. The third-order valence-corrected chi connectivity index (χ3v) is 4.39. The molecule has 0 amide bonds. The molecule has 1 nitrogen and oxygen atoms in total. The number of hydrogen-bond donors (Lipinski definition) is 1. The van der Waals surface area contributed by atoms with Gasteiger partial charge in [-0.05, 0) is 56.0 Å². The fraction of sp³-hybridized carbons (Fsp3) is 0.375. The lowest BCUT2D eigenvalue weighted by Crippen LogP contribution is -2.40. The topological polar surface area (TPSA) is 26.0 Å². The van der Waals surface area contributed by atoms with Crippen molar-refractivity contribution in [3.8, 4) is 0 Å². The van der Waals surface area contributed by atoms with Gasteiger partial charge in [0.1, 0.15) is 5.82 Å². The third-order valence-electron chi connectivity index (χ3n) is 3.17. The van der Waals surface area contributed by atoms with E-state index in [1.807, 2.05) is 23.5 Å². The number of hydrogen-bond acceptors (Lipinski definition) is 2. The Hall–Kier alpha value is -1.19. The van der Waals surface area contributed by atoms with E-state index in [2.05, 4.69) is 26.0 Å². The van der Waals surface area contributed by atoms with E-state index in [0.717, 1.165) is 24.8 Å². The maximum atomic E-state index is 12.9. The predicted molar refractivity (Wildman–Crippen MR) is 80.1 cm³/mol. The summed E-state index contributed by atoms with van der Waals surface area (Å²) in [5.74, 6) is -0.201. The molecule has 2 N–H and O–H groups in total. The molecule has 0 aliphatic rings. The van der Waals surface area contributed by atoms with E-state index in [9.17, 15) is 4.39 Å². The van der Waals surface area contributed by atoms with E-state index in [1.165, 1.54) is 21.9 Å². The van der Waals surface area contributed by atoms with Gasteiger partial charge >= 0.3 is 0 Å². The average Bonchev–Trinajstić information content (AvgIpc) is 2.78. The SMILES string of the molecule is CCc1ccc(CC(C)(N)Cc2ccc(F)cc2)s1. The largest absolute Gasteiger partial charge is 0.325 e. The highest BCUT2D eigenvalue weighted by molar-refractivity contribution is 7.12. The second-order valence-corrected chi connectivity index (χ2v) is 6.61. The van der Waals surface area contributed by atoms with Crippen LogP contribution in [0.5, 0.6) is 0 Å². The number of rotatable bonds is 5. The molecule has 3 heteroatoms. The van der Waals surface area contributed by atoms with Crippen LogP contribution in [0.3, 0.4) is 0 Å². The molecule has 1 aromatic heterocycles. The summed E-state index contributed by atoms with van der Waals surface area (Å²) in [4.78, 5) is 2.72. The lowest BCUT2D eigenvalue weighted by Gasteiger charge is -2.24. The summed E-state index contributed by atoms with van der Waals surface area (Å²) in [6.07, 6.45) is 2.69. The van der Waals surface area contributed by atoms with Crippen LogP contribution in [0.4, 0.5) is 4.39 Å². The van der Waals surface area contributed by atoms with Crippen molar-refractivity contribution in [1.82, 2.24) is 0 Å². The number of halogens is 1. The zero-order valence-electron chi connectivity index (χ0n) is 11.4. The number of benzene rings is 1. The van der Waals surface area contributed by atoms with Crippen LogP contribution in [0.25, 0.3) is 0 Å². The molecule has 19 heavy (non-hydrogen) atoms. The second kappa shape index (κ2) is 5.85. The second-order valence-electron chi connectivity index (χ2n) is 5.36. The van der Waals surface area contributed by atoms with Gasteiger partial charge in [0, 0.05) is 15.3 Å². The van der Waals surface area contributed by atoms with Gasteiger partial charge in [0.2, 0.25) is 0 Å². The van der Waals surface area contributed by atoms with Crippen molar-refractivity contribution in [2.75, 3.05) is 0 Å². The maximum absolute atomic E-state index is 12.9. The summed E-state index contributed by atoms with van der Waals surface area (Å²) >= 11 is 1.83. The molecule has 2 rings (SSSR count). The molecule has 1 unspecified atom stereocenters. The van der Waals surface area contributed by atoms with E-state index < -0.39 is 0 Å². The smallest absolute Gasteiger partial charge is 0.123 e. The fourth-order valence-corrected chi connectivity index (χ4v) is 3.39. The van der Waals surface area contributed by atoms with E-state index in [1.54, 1.807) is 0 Å².